The Morgan fingerprint density at radius 2 is 1.71 bits per heavy atom. The van der Waals surface area contributed by atoms with Crippen LogP contribution in [0.25, 0.3) is 0 Å². The minimum absolute atomic E-state index is 0.0564. The molecule has 178 valence electrons. The largest absolute Gasteiger partial charge is 0.497 e. The van der Waals surface area contributed by atoms with Gasteiger partial charge in [-0.15, -0.1) is 0 Å². The van der Waals surface area contributed by atoms with Crippen LogP contribution in [0.3, 0.4) is 0 Å². The summed E-state index contributed by atoms with van der Waals surface area (Å²) in [7, 11) is -5.85. The second kappa shape index (κ2) is 9.47. The van der Waals surface area contributed by atoms with Gasteiger partial charge in [-0.05, 0) is 54.4 Å². The van der Waals surface area contributed by atoms with E-state index in [1.165, 1.54) is 12.1 Å². The van der Waals surface area contributed by atoms with E-state index in [-0.39, 0.29) is 10.6 Å². The smallest absolute Gasteiger partial charge is 0.279 e. The van der Waals surface area contributed by atoms with Gasteiger partial charge in [-0.2, -0.15) is 17.9 Å². The van der Waals surface area contributed by atoms with E-state index in [0.717, 1.165) is 9.98 Å². The number of anilines is 1. The molecule has 1 unspecified atom stereocenters. The third kappa shape index (κ3) is 4.92. The molecule has 4 rings (SSSR count). The number of sulfonamides is 2. The number of hydrogen-bond acceptors (Lipinski definition) is 6. The molecule has 1 N–H and O–H groups in total. The lowest BCUT2D eigenvalue weighted by Crippen LogP contribution is -2.27. The SMILES string of the molecule is CCS(=O)(=O)Nc1cccc(C2=NN(S(=O)(=O)c3ccccc3)C(c3cccc(OC)c3)C2)c1. The van der Waals surface area contributed by atoms with Crippen LogP contribution in [0.4, 0.5) is 5.69 Å². The molecule has 0 amide bonds. The summed E-state index contributed by atoms with van der Waals surface area (Å²) in [5, 5.41) is 4.52. The Balaban J connectivity index is 1.77. The van der Waals surface area contributed by atoms with Crippen molar-refractivity contribution in [3.8, 4) is 5.75 Å². The molecule has 0 saturated heterocycles. The summed E-state index contributed by atoms with van der Waals surface area (Å²) >= 11 is 0. The molecule has 0 bridgehead atoms. The summed E-state index contributed by atoms with van der Waals surface area (Å²) in [6.07, 6.45) is 0.309. The minimum Gasteiger partial charge on any atom is -0.497 e. The van der Waals surface area contributed by atoms with Crippen molar-refractivity contribution in [2.45, 2.75) is 24.3 Å². The molecule has 3 aromatic rings. The zero-order valence-corrected chi connectivity index (χ0v) is 20.4. The first-order valence-electron chi connectivity index (χ1n) is 10.7. The number of ether oxygens (including phenoxy) is 1. The third-order valence-corrected chi connectivity index (χ3v) is 8.49. The summed E-state index contributed by atoms with van der Waals surface area (Å²) in [4.78, 5) is 0.136. The van der Waals surface area contributed by atoms with Gasteiger partial charge in [0.15, 0.2) is 0 Å². The van der Waals surface area contributed by atoms with Gasteiger partial charge in [-0.3, -0.25) is 4.72 Å². The molecule has 34 heavy (non-hydrogen) atoms. The van der Waals surface area contributed by atoms with Crippen molar-refractivity contribution in [2.24, 2.45) is 5.10 Å². The van der Waals surface area contributed by atoms with Gasteiger partial charge >= 0.3 is 0 Å². The highest BCUT2D eigenvalue weighted by molar-refractivity contribution is 7.92. The lowest BCUT2D eigenvalue weighted by molar-refractivity contribution is 0.368. The highest BCUT2D eigenvalue weighted by Gasteiger charge is 2.38. The fourth-order valence-corrected chi connectivity index (χ4v) is 5.78. The number of nitrogens with one attached hydrogen (secondary N) is 1. The van der Waals surface area contributed by atoms with Gasteiger partial charge in [0.25, 0.3) is 10.0 Å². The molecule has 0 radical (unpaired) electrons. The summed E-state index contributed by atoms with van der Waals surface area (Å²) in [6, 6.07) is 21.6. The van der Waals surface area contributed by atoms with E-state index in [1.807, 2.05) is 6.07 Å². The van der Waals surface area contributed by atoms with Gasteiger partial charge in [0.2, 0.25) is 10.0 Å². The average molecular weight is 500 g/mol. The van der Waals surface area contributed by atoms with Crippen LogP contribution in [0.5, 0.6) is 5.75 Å². The number of hydrogen-bond donors (Lipinski definition) is 1. The van der Waals surface area contributed by atoms with Crippen molar-refractivity contribution >= 4 is 31.4 Å². The Labute approximate surface area is 200 Å². The van der Waals surface area contributed by atoms with Crippen LogP contribution >= 0.6 is 0 Å². The number of benzene rings is 3. The first-order chi connectivity index (χ1) is 16.2. The molecular formula is C24H25N3O5S2. The van der Waals surface area contributed by atoms with Gasteiger partial charge in [-0.1, -0.05) is 42.5 Å². The van der Waals surface area contributed by atoms with Crippen molar-refractivity contribution in [1.29, 1.82) is 0 Å². The molecule has 0 aromatic heterocycles. The predicted molar refractivity (Wildman–Crippen MR) is 132 cm³/mol. The van der Waals surface area contributed by atoms with Crippen molar-refractivity contribution in [3.63, 3.8) is 0 Å². The molecular weight excluding hydrogens is 474 g/mol. The summed E-state index contributed by atoms with van der Waals surface area (Å²) in [6.45, 7) is 1.55. The first-order valence-corrected chi connectivity index (χ1v) is 13.7. The molecule has 0 spiro atoms. The highest BCUT2D eigenvalue weighted by atomic mass is 32.2. The van der Waals surface area contributed by atoms with Crippen molar-refractivity contribution in [2.75, 3.05) is 17.6 Å². The summed E-state index contributed by atoms with van der Waals surface area (Å²) < 4.78 is 60.1. The number of methoxy groups -OCH3 is 1. The van der Waals surface area contributed by atoms with E-state index in [2.05, 4.69) is 9.82 Å². The van der Waals surface area contributed by atoms with Crippen molar-refractivity contribution in [3.05, 3.63) is 90.0 Å². The van der Waals surface area contributed by atoms with Gasteiger partial charge < -0.3 is 4.74 Å². The maximum atomic E-state index is 13.5. The second-order valence-corrected chi connectivity index (χ2v) is 11.5. The minimum atomic E-state index is -3.95. The van der Waals surface area contributed by atoms with E-state index in [9.17, 15) is 16.8 Å². The number of hydrazone groups is 1. The maximum Gasteiger partial charge on any atom is 0.279 e. The Bertz CT molecular complexity index is 1420. The predicted octanol–water partition coefficient (Wildman–Crippen LogP) is 4.00. The fourth-order valence-electron chi connectivity index (χ4n) is 3.70. The van der Waals surface area contributed by atoms with E-state index in [1.54, 1.807) is 74.7 Å². The molecule has 0 fully saturated rings. The third-order valence-electron chi connectivity index (χ3n) is 5.49. The van der Waals surface area contributed by atoms with Crippen LogP contribution in [0.1, 0.15) is 30.5 Å². The molecule has 3 aromatic carbocycles. The Kier molecular flexibility index (Phi) is 6.63. The standard InChI is InChI=1S/C24H25N3O5S2/c1-3-33(28,29)26-20-11-7-9-18(15-20)23-17-24(19-10-8-12-21(16-19)32-2)27(25-23)34(30,31)22-13-5-4-6-14-22/h4-16,24,26H,3,17H2,1-2H3. The molecule has 1 aliphatic rings. The van der Waals surface area contributed by atoms with Gasteiger partial charge in [0.1, 0.15) is 5.75 Å². The first kappa shape index (κ1) is 23.8. The van der Waals surface area contributed by atoms with Crippen molar-refractivity contribution in [1.82, 2.24) is 4.41 Å². The summed E-state index contributed by atoms with van der Waals surface area (Å²) in [5.41, 5.74) is 2.30. The van der Waals surface area contributed by atoms with E-state index in [0.29, 0.717) is 29.1 Å². The molecule has 0 saturated carbocycles. The zero-order valence-electron chi connectivity index (χ0n) is 18.7. The topological polar surface area (TPSA) is 105 Å². The molecule has 0 aliphatic carbocycles. The van der Waals surface area contributed by atoms with Crippen LogP contribution in [-0.4, -0.2) is 39.8 Å². The zero-order chi connectivity index (χ0) is 24.3. The normalized spacial score (nSPS) is 16.2. The molecule has 1 atom stereocenters. The van der Waals surface area contributed by atoms with Gasteiger partial charge in [-0.25, -0.2) is 8.42 Å². The molecule has 1 heterocycles. The molecule has 1 aliphatic heterocycles. The van der Waals surface area contributed by atoms with Crippen LogP contribution in [-0.2, 0) is 20.0 Å². The monoisotopic (exact) mass is 499 g/mol. The molecule has 10 heteroatoms. The lowest BCUT2D eigenvalue weighted by atomic mass is 9.99. The maximum absolute atomic E-state index is 13.5. The summed E-state index contributed by atoms with van der Waals surface area (Å²) in [5.74, 6) is 0.554. The van der Waals surface area contributed by atoms with E-state index < -0.39 is 26.1 Å². The average Bonchev–Trinajstić information content (AvgIpc) is 3.31. The van der Waals surface area contributed by atoms with Crippen LogP contribution in [0.2, 0.25) is 0 Å². The van der Waals surface area contributed by atoms with Crippen LogP contribution in [0.15, 0.2) is 88.9 Å². The van der Waals surface area contributed by atoms with E-state index >= 15 is 0 Å². The van der Waals surface area contributed by atoms with Gasteiger partial charge in [0.05, 0.1) is 29.5 Å². The number of rotatable bonds is 8. The van der Waals surface area contributed by atoms with Crippen molar-refractivity contribution < 1.29 is 21.6 Å². The van der Waals surface area contributed by atoms with Crippen LogP contribution in [0, 0.1) is 0 Å². The van der Waals surface area contributed by atoms with Gasteiger partial charge in [0, 0.05) is 12.1 Å². The Morgan fingerprint density at radius 1 is 0.971 bits per heavy atom. The number of nitrogens with zero attached hydrogens (tertiary/aromatic N) is 2. The lowest BCUT2D eigenvalue weighted by Gasteiger charge is -2.23. The quantitative estimate of drug-likeness (QED) is 0.504. The van der Waals surface area contributed by atoms with E-state index in [4.69, 9.17) is 4.74 Å². The second-order valence-electron chi connectivity index (χ2n) is 7.72. The molecule has 8 nitrogen and oxygen atoms in total. The Morgan fingerprint density at radius 3 is 2.41 bits per heavy atom. The Hall–Kier alpha value is -3.37. The highest BCUT2D eigenvalue weighted by Crippen LogP contribution is 2.38. The fraction of sp³-hybridized carbons (Fsp3) is 0.208. The van der Waals surface area contributed by atoms with Crippen LogP contribution < -0.4 is 9.46 Å².